The van der Waals surface area contributed by atoms with Gasteiger partial charge in [0, 0.05) is 24.3 Å². The van der Waals surface area contributed by atoms with Crippen LogP contribution in [0.15, 0.2) is 59.5 Å². The maximum absolute atomic E-state index is 13.7. The van der Waals surface area contributed by atoms with Gasteiger partial charge >= 0.3 is 0 Å². The van der Waals surface area contributed by atoms with E-state index in [1.807, 2.05) is 6.07 Å². The van der Waals surface area contributed by atoms with Crippen LogP contribution in [-0.2, 0) is 0 Å². The molecule has 0 saturated heterocycles. The van der Waals surface area contributed by atoms with Gasteiger partial charge in [-0.25, -0.2) is 4.39 Å². The second-order valence-corrected chi connectivity index (χ2v) is 4.89. The number of rotatable bonds is 2. The topological polar surface area (TPSA) is 53.2 Å². The summed E-state index contributed by atoms with van der Waals surface area (Å²) < 4.78 is 13.7. The monoisotopic (exact) mass is 296 g/mol. The molecule has 0 aliphatic rings. The zero-order valence-electron chi connectivity index (χ0n) is 11.8. The molecule has 1 heterocycles. The van der Waals surface area contributed by atoms with Crippen molar-refractivity contribution in [2.75, 3.05) is 11.9 Å². The Hall–Kier alpha value is -2.95. The summed E-state index contributed by atoms with van der Waals surface area (Å²) >= 11 is 0. The Morgan fingerprint density at radius 1 is 1.09 bits per heavy atom. The number of fused-ring (bicyclic) bond motifs is 1. The summed E-state index contributed by atoms with van der Waals surface area (Å²) in [6.07, 6.45) is 1.26. The Bertz CT molecular complexity index is 903. The third kappa shape index (κ3) is 2.26. The Labute approximate surface area is 125 Å². The Morgan fingerprint density at radius 3 is 2.55 bits per heavy atom. The minimum absolute atomic E-state index is 0.0237. The number of hydrogen-bond acceptors (Lipinski definition) is 2. The molecule has 110 valence electrons. The van der Waals surface area contributed by atoms with Crippen LogP contribution in [0.2, 0.25) is 0 Å². The van der Waals surface area contributed by atoms with Gasteiger partial charge in [0.05, 0.1) is 5.52 Å². The van der Waals surface area contributed by atoms with E-state index in [9.17, 15) is 14.0 Å². The third-order valence-electron chi connectivity index (χ3n) is 3.54. The second kappa shape index (κ2) is 5.44. The van der Waals surface area contributed by atoms with E-state index in [-0.39, 0.29) is 16.5 Å². The van der Waals surface area contributed by atoms with Crippen LogP contribution in [0.25, 0.3) is 10.9 Å². The van der Waals surface area contributed by atoms with Crippen molar-refractivity contribution in [1.29, 1.82) is 0 Å². The van der Waals surface area contributed by atoms with Gasteiger partial charge in [0.25, 0.3) is 5.91 Å². The van der Waals surface area contributed by atoms with E-state index in [1.165, 1.54) is 29.3 Å². The van der Waals surface area contributed by atoms with Crippen LogP contribution in [0, 0.1) is 5.82 Å². The molecule has 3 aromatic rings. The third-order valence-corrected chi connectivity index (χ3v) is 3.54. The number of anilines is 1. The highest BCUT2D eigenvalue weighted by molar-refractivity contribution is 6.06. The van der Waals surface area contributed by atoms with Crippen molar-refractivity contribution in [3.8, 4) is 0 Å². The maximum atomic E-state index is 13.7. The number of aromatic nitrogens is 1. The van der Waals surface area contributed by atoms with E-state index in [4.69, 9.17) is 0 Å². The highest BCUT2D eigenvalue weighted by atomic mass is 19.1. The minimum atomic E-state index is -0.523. The summed E-state index contributed by atoms with van der Waals surface area (Å²) in [4.78, 5) is 29.0. The number of carbonyl (C=O) groups excluding carboxylic acids is 1. The molecule has 22 heavy (non-hydrogen) atoms. The molecule has 0 bridgehead atoms. The lowest BCUT2D eigenvalue weighted by Crippen LogP contribution is -2.31. The van der Waals surface area contributed by atoms with Crippen molar-refractivity contribution in [3.05, 3.63) is 76.3 Å². The fourth-order valence-electron chi connectivity index (χ4n) is 2.32. The summed E-state index contributed by atoms with van der Waals surface area (Å²) in [5.74, 6) is -0.969. The van der Waals surface area contributed by atoms with Crippen LogP contribution in [-0.4, -0.2) is 17.9 Å². The SMILES string of the molecule is CN(C(=O)c1c[nH]c2c(F)cccc2c1=O)c1ccccc1. The minimum Gasteiger partial charge on any atom is -0.358 e. The number of nitrogens with one attached hydrogen (secondary N) is 1. The van der Waals surface area contributed by atoms with Crippen molar-refractivity contribution < 1.29 is 9.18 Å². The highest BCUT2D eigenvalue weighted by Crippen LogP contribution is 2.16. The predicted molar refractivity (Wildman–Crippen MR) is 83.7 cm³/mol. The molecule has 0 fully saturated rings. The van der Waals surface area contributed by atoms with Crippen LogP contribution in [0.4, 0.5) is 10.1 Å². The zero-order chi connectivity index (χ0) is 15.7. The lowest BCUT2D eigenvalue weighted by atomic mass is 10.1. The highest BCUT2D eigenvalue weighted by Gasteiger charge is 2.18. The Morgan fingerprint density at radius 2 is 1.82 bits per heavy atom. The predicted octanol–water partition coefficient (Wildman–Crippen LogP) is 2.94. The van der Waals surface area contributed by atoms with Crippen molar-refractivity contribution in [2.24, 2.45) is 0 Å². The summed E-state index contributed by atoms with van der Waals surface area (Å²) in [7, 11) is 1.59. The van der Waals surface area contributed by atoms with Crippen molar-refractivity contribution >= 4 is 22.5 Å². The summed E-state index contributed by atoms with van der Waals surface area (Å²) in [5, 5.41) is 0.160. The molecule has 0 aliphatic carbocycles. The van der Waals surface area contributed by atoms with Crippen molar-refractivity contribution in [1.82, 2.24) is 4.98 Å². The van der Waals surface area contributed by atoms with E-state index in [0.29, 0.717) is 5.69 Å². The molecule has 0 spiro atoms. The molecular formula is C17H13FN2O2. The Kier molecular flexibility index (Phi) is 3.47. The van der Waals surface area contributed by atoms with Gasteiger partial charge in [-0.05, 0) is 24.3 Å². The summed E-state index contributed by atoms with van der Waals surface area (Å²) in [6.45, 7) is 0. The molecule has 2 aromatic carbocycles. The molecular weight excluding hydrogens is 283 g/mol. The molecule has 0 aliphatic heterocycles. The first kappa shape index (κ1) is 14.0. The molecule has 4 nitrogen and oxygen atoms in total. The molecule has 3 rings (SSSR count). The lowest BCUT2D eigenvalue weighted by Gasteiger charge is -2.17. The van der Waals surface area contributed by atoms with Gasteiger partial charge in [-0.1, -0.05) is 24.3 Å². The number of nitrogens with zero attached hydrogens (tertiary/aromatic N) is 1. The van der Waals surface area contributed by atoms with Gasteiger partial charge in [-0.3, -0.25) is 9.59 Å². The first-order valence-corrected chi connectivity index (χ1v) is 6.72. The van der Waals surface area contributed by atoms with Crippen LogP contribution >= 0.6 is 0 Å². The van der Waals surface area contributed by atoms with Gasteiger partial charge in [-0.15, -0.1) is 0 Å². The second-order valence-electron chi connectivity index (χ2n) is 4.89. The first-order chi connectivity index (χ1) is 10.6. The van der Waals surface area contributed by atoms with E-state index >= 15 is 0 Å². The average Bonchev–Trinajstić information content (AvgIpc) is 2.55. The number of pyridine rings is 1. The number of para-hydroxylation sites is 2. The maximum Gasteiger partial charge on any atom is 0.263 e. The Balaban J connectivity index is 2.09. The molecule has 0 radical (unpaired) electrons. The van der Waals surface area contributed by atoms with Crippen LogP contribution < -0.4 is 10.3 Å². The van der Waals surface area contributed by atoms with Gasteiger partial charge in [-0.2, -0.15) is 0 Å². The number of benzene rings is 2. The average molecular weight is 296 g/mol. The number of aromatic amines is 1. The largest absolute Gasteiger partial charge is 0.358 e. The molecule has 1 amide bonds. The molecule has 0 saturated carbocycles. The number of hydrogen-bond donors (Lipinski definition) is 1. The summed E-state index contributed by atoms with van der Waals surface area (Å²) in [5.41, 5.74) is 0.267. The van der Waals surface area contributed by atoms with E-state index in [1.54, 1.807) is 31.3 Å². The molecule has 1 aromatic heterocycles. The lowest BCUT2D eigenvalue weighted by molar-refractivity contribution is 0.0992. The molecule has 1 N–H and O–H groups in total. The van der Waals surface area contributed by atoms with E-state index in [0.717, 1.165) is 0 Å². The van der Waals surface area contributed by atoms with Crippen LogP contribution in [0.1, 0.15) is 10.4 Å². The normalized spacial score (nSPS) is 10.6. The number of halogens is 1. The van der Waals surface area contributed by atoms with E-state index < -0.39 is 17.2 Å². The van der Waals surface area contributed by atoms with Gasteiger partial charge in [0.1, 0.15) is 11.4 Å². The first-order valence-electron chi connectivity index (χ1n) is 6.72. The van der Waals surface area contributed by atoms with Crippen molar-refractivity contribution in [2.45, 2.75) is 0 Å². The fraction of sp³-hybridized carbons (Fsp3) is 0.0588. The van der Waals surface area contributed by atoms with Gasteiger partial charge in [0.15, 0.2) is 0 Å². The van der Waals surface area contributed by atoms with Gasteiger partial charge in [0.2, 0.25) is 5.43 Å². The van der Waals surface area contributed by atoms with Gasteiger partial charge < -0.3 is 9.88 Å². The van der Waals surface area contributed by atoms with E-state index in [2.05, 4.69) is 4.98 Å². The standard InChI is InChI=1S/C17H13FN2O2/c1-20(11-6-3-2-4-7-11)17(22)13-10-19-15-12(16(13)21)8-5-9-14(15)18/h2-10H,1H3,(H,19,21). The smallest absolute Gasteiger partial charge is 0.263 e. The van der Waals surface area contributed by atoms with Crippen molar-refractivity contribution in [3.63, 3.8) is 0 Å². The van der Waals surface area contributed by atoms with Crippen LogP contribution in [0.3, 0.4) is 0 Å². The fourth-order valence-corrected chi connectivity index (χ4v) is 2.32. The molecule has 0 unspecified atom stereocenters. The summed E-state index contributed by atoms with van der Waals surface area (Å²) in [6, 6.07) is 13.2. The number of H-pyrrole nitrogens is 1. The molecule has 0 atom stereocenters. The number of amides is 1. The quantitative estimate of drug-likeness (QED) is 0.790. The van der Waals surface area contributed by atoms with Crippen LogP contribution in [0.5, 0.6) is 0 Å². The zero-order valence-corrected chi connectivity index (χ0v) is 11.8. The molecule has 5 heteroatoms. The number of carbonyl (C=O) groups is 1.